The summed E-state index contributed by atoms with van der Waals surface area (Å²) in [6.07, 6.45) is 4.01. The van der Waals surface area contributed by atoms with Crippen molar-refractivity contribution in [2.24, 2.45) is 0 Å². The molecule has 1 amide bonds. The number of nitrogen functional groups attached to an aromatic ring is 1. The minimum atomic E-state index is -0.489. The molecule has 2 aromatic rings. The summed E-state index contributed by atoms with van der Waals surface area (Å²) in [6, 6.07) is 10.2. The first-order valence-electron chi connectivity index (χ1n) is 13.8. The number of carbonyl (C=O) groups is 2. The van der Waals surface area contributed by atoms with Crippen LogP contribution in [0.2, 0.25) is 0 Å². The summed E-state index contributed by atoms with van der Waals surface area (Å²) in [4.78, 5) is 24.0. The predicted molar refractivity (Wildman–Crippen MR) is 160 cm³/mol. The zero-order valence-electron chi connectivity index (χ0n) is 25.0. The summed E-state index contributed by atoms with van der Waals surface area (Å²) < 4.78 is 24.6. The van der Waals surface area contributed by atoms with E-state index in [1.54, 1.807) is 44.2 Å². The largest absolute Gasteiger partial charge is 0.494 e. The van der Waals surface area contributed by atoms with E-state index in [0.29, 0.717) is 30.6 Å². The number of benzene rings is 2. The third-order valence-electron chi connectivity index (χ3n) is 5.72. The number of hydrogen-bond donors (Lipinski definition) is 3. The van der Waals surface area contributed by atoms with Gasteiger partial charge in [-0.3, -0.25) is 9.59 Å². The highest BCUT2D eigenvalue weighted by Crippen LogP contribution is 2.25. The summed E-state index contributed by atoms with van der Waals surface area (Å²) in [7, 11) is 3.88. The van der Waals surface area contributed by atoms with Gasteiger partial charge in [-0.05, 0) is 70.5 Å². The summed E-state index contributed by atoms with van der Waals surface area (Å²) in [6.45, 7) is 13.7. The molecule has 1 atom stereocenters. The third kappa shape index (κ3) is 13.9. The van der Waals surface area contributed by atoms with Crippen LogP contribution in [0, 0.1) is 5.82 Å². The van der Waals surface area contributed by atoms with Crippen LogP contribution in [0.5, 0.6) is 5.75 Å². The van der Waals surface area contributed by atoms with Crippen molar-refractivity contribution in [2.75, 3.05) is 43.2 Å². The maximum Gasteiger partial charge on any atom is 0.293 e. The average Bonchev–Trinajstić information content (AvgIpc) is 2.92. The first-order valence-corrected chi connectivity index (χ1v) is 13.8. The number of anilines is 3. The Labute approximate surface area is 234 Å². The van der Waals surface area contributed by atoms with Gasteiger partial charge in [0.15, 0.2) is 0 Å². The van der Waals surface area contributed by atoms with Crippen LogP contribution in [0.4, 0.5) is 21.5 Å². The lowest BCUT2D eigenvalue weighted by atomic mass is 10.1. The van der Waals surface area contributed by atoms with Crippen LogP contribution in [0.15, 0.2) is 36.4 Å². The second-order valence-corrected chi connectivity index (χ2v) is 8.95. The van der Waals surface area contributed by atoms with Crippen LogP contribution in [0.1, 0.15) is 77.6 Å². The topological polar surface area (TPSA) is 106 Å². The Hall–Kier alpha value is -3.33. The Morgan fingerprint density at radius 3 is 2.33 bits per heavy atom. The quantitative estimate of drug-likeness (QED) is 0.145. The number of nitrogens with zero attached hydrogens (tertiary/aromatic N) is 1. The number of carbonyl (C=O) groups excluding carboxylic acids is 2. The Morgan fingerprint density at radius 2 is 1.85 bits per heavy atom. The fourth-order valence-corrected chi connectivity index (χ4v) is 3.35. The molecule has 0 saturated carbocycles. The van der Waals surface area contributed by atoms with Gasteiger partial charge in [-0.15, -0.1) is 0 Å². The molecular weight excluding hydrogens is 499 g/mol. The second-order valence-electron chi connectivity index (χ2n) is 8.95. The highest BCUT2D eigenvalue weighted by Gasteiger charge is 2.15. The molecule has 0 aliphatic heterocycles. The summed E-state index contributed by atoms with van der Waals surface area (Å²) in [5.41, 5.74) is 7.46. The van der Waals surface area contributed by atoms with Crippen LogP contribution in [0.3, 0.4) is 0 Å². The minimum absolute atomic E-state index is 0.0301. The van der Waals surface area contributed by atoms with Crippen LogP contribution in [0.25, 0.3) is 0 Å². The Kier molecular flexibility index (Phi) is 18.9. The number of rotatable bonds is 14. The van der Waals surface area contributed by atoms with Crippen molar-refractivity contribution >= 4 is 29.4 Å². The zero-order chi connectivity index (χ0) is 29.8. The highest BCUT2D eigenvalue weighted by molar-refractivity contribution is 6.08. The van der Waals surface area contributed by atoms with Gasteiger partial charge in [-0.2, -0.15) is 0 Å². The molecule has 4 N–H and O–H groups in total. The van der Waals surface area contributed by atoms with Gasteiger partial charge in [-0.1, -0.05) is 34.1 Å². The molecule has 2 rings (SSSR count). The van der Waals surface area contributed by atoms with Crippen molar-refractivity contribution in [1.29, 1.82) is 0 Å². The van der Waals surface area contributed by atoms with E-state index in [1.165, 1.54) is 6.07 Å². The van der Waals surface area contributed by atoms with Crippen molar-refractivity contribution in [3.8, 4) is 5.75 Å². The van der Waals surface area contributed by atoms with E-state index in [4.69, 9.17) is 10.5 Å². The van der Waals surface area contributed by atoms with Crippen molar-refractivity contribution in [3.05, 3.63) is 47.8 Å². The lowest BCUT2D eigenvalue weighted by Gasteiger charge is -2.23. The number of ether oxygens (including phenoxy) is 2. The fourth-order valence-electron chi connectivity index (χ4n) is 3.35. The molecule has 220 valence electrons. The van der Waals surface area contributed by atoms with Gasteiger partial charge in [0, 0.05) is 37.1 Å². The number of unbranched alkanes of at least 4 members (excludes halogenated alkanes) is 1. The Balaban J connectivity index is 0.00000159. The maximum atomic E-state index is 14.7. The molecule has 0 saturated heterocycles. The zero-order valence-corrected chi connectivity index (χ0v) is 25.0. The molecule has 8 nitrogen and oxygen atoms in total. The van der Waals surface area contributed by atoms with Gasteiger partial charge in [-0.25, -0.2) is 4.39 Å². The van der Waals surface area contributed by atoms with Gasteiger partial charge in [0.2, 0.25) is 0 Å². The number of hydrogen-bond acceptors (Lipinski definition) is 7. The van der Waals surface area contributed by atoms with E-state index in [9.17, 15) is 14.0 Å². The van der Waals surface area contributed by atoms with E-state index >= 15 is 0 Å². The third-order valence-corrected chi connectivity index (χ3v) is 5.72. The highest BCUT2D eigenvalue weighted by atomic mass is 19.1. The number of nitrogens with one attached hydrogen (secondary N) is 2. The SMILES string of the molecule is CC.CC(C)OC=O.CCCCOc1ccc(C(=O)Nc2ccc(N(C)CCC(CC)NC)cc2F)c(N)c1. The van der Waals surface area contributed by atoms with Gasteiger partial charge in [0.05, 0.1) is 24.0 Å². The van der Waals surface area contributed by atoms with Crippen LogP contribution >= 0.6 is 0 Å². The monoisotopic (exact) mass is 548 g/mol. The smallest absolute Gasteiger partial charge is 0.293 e. The molecule has 0 aliphatic carbocycles. The Bertz CT molecular complexity index is 968. The molecular formula is C30H49FN4O4. The van der Waals surface area contributed by atoms with Gasteiger partial charge >= 0.3 is 0 Å². The molecule has 0 aromatic heterocycles. The van der Waals surface area contributed by atoms with Crippen LogP contribution in [-0.2, 0) is 9.53 Å². The average molecular weight is 549 g/mol. The van der Waals surface area contributed by atoms with Crippen molar-refractivity contribution in [1.82, 2.24) is 5.32 Å². The summed E-state index contributed by atoms with van der Waals surface area (Å²) in [5, 5.41) is 5.88. The van der Waals surface area contributed by atoms with Crippen molar-refractivity contribution < 1.29 is 23.5 Å². The number of nitrogens with two attached hydrogens (primary N) is 1. The number of amides is 1. The molecule has 0 bridgehead atoms. The maximum absolute atomic E-state index is 14.7. The minimum Gasteiger partial charge on any atom is -0.494 e. The molecule has 0 heterocycles. The molecule has 9 heteroatoms. The van der Waals surface area contributed by atoms with E-state index in [0.717, 1.165) is 37.9 Å². The first-order chi connectivity index (χ1) is 18.7. The molecule has 1 unspecified atom stereocenters. The molecule has 0 radical (unpaired) electrons. The van der Waals surface area contributed by atoms with Gasteiger partial charge in [0.25, 0.3) is 12.4 Å². The van der Waals surface area contributed by atoms with E-state index in [2.05, 4.69) is 29.2 Å². The molecule has 0 spiro atoms. The summed E-state index contributed by atoms with van der Waals surface area (Å²) in [5.74, 6) is -0.335. The van der Waals surface area contributed by atoms with Crippen LogP contribution in [-0.4, -0.2) is 51.8 Å². The van der Waals surface area contributed by atoms with E-state index in [1.807, 2.05) is 32.8 Å². The normalized spacial score (nSPS) is 10.8. The van der Waals surface area contributed by atoms with E-state index < -0.39 is 11.7 Å². The summed E-state index contributed by atoms with van der Waals surface area (Å²) >= 11 is 0. The van der Waals surface area contributed by atoms with Crippen molar-refractivity contribution in [2.45, 2.75) is 79.4 Å². The van der Waals surface area contributed by atoms with Crippen molar-refractivity contribution in [3.63, 3.8) is 0 Å². The first kappa shape index (κ1) is 35.7. The predicted octanol–water partition coefficient (Wildman–Crippen LogP) is 6.26. The molecule has 2 aromatic carbocycles. The van der Waals surface area contributed by atoms with Gasteiger partial charge in [0.1, 0.15) is 11.6 Å². The van der Waals surface area contributed by atoms with Crippen LogP contribution < -0.4 is 26.0 Å². The lowest BCUT2D eigenvalue weighted by molar-refractivity contribution is -0.131. The second kappa shape index (κ2) is 20.6. The fraction of sp³-hybridized carbons (Fsp3) is 0.533. The molecule has 0 aliphatic rings. The standard InChI is InChI=1S/C24H35FN4O2.C4H8O2.C2H6/c1-5-7-14-31-19-9-10-20(22(26)16-19)24(30)28-23-11-8-18(15-21(23)25)29(4)13-12-17(6-2)27-3;1-4(2)6-3-5;1-2/h8-11,15-17,27H,5-7,12-14,26H2,1-4H3,(H,28,30);3-4H,1-2H3;1-2H3. The van der Waals surface area contributed by atoms with Gasteiger partial charge < -0.3 is 30.7 Å². The van der Waals surface area contributed by atoms with E-state index in [-0.39, 0.29) is 17.4 Å². The Morgan fingerprint density at radius 1 is 1.15 bits per heavy atom. The molecule has 0 fully saturated rings. The lowest BCUT2D eigenvalue weighted by Crippen LogP contribution is -2.30. The number of halogens is 1. The molecule has 39 heavy (non-hydrogen) atoms.